The molecular formula is C16H18ClF3N2O4. The minimum absolute atomic E-state index is 0.110. The number of carbonyl (C=O) groups is 2. The number of carbonyl (C=O) groups excluding carboxylic acids is 2. The second-order valence-electron chi connectivity index (χ2n) is 5.94. The summed E-state index contributed by atoms with van der Waals surface area (Å²) in [7, 11) is 0. The van der Waals surface area contributed by atoms with Gasteiger partial charge in [-0.3, -0.25) is 14.4 Å². The predicted octanol–water partition coefficient (Wildman–Crippen LogP) is 2.32. The maximum atomic E-state index is 12.9. The van der Waals surface area contributed by atoms with E-state index in [0.717, 1.165) is 0 Å². The molecule has 10 heteroatoms. The van der Waals surface area contributed by atoms with Crippen LogP contribution >= 0.6 is 11.6 Å². The Kier molecular flexibility index (Phi) is 6.33. The Morgan fingerprint density at radius 3 is 2.69 bits per heavy atom. The van der Waals surface area contributed by atoms with Gasteiger partial charge in [-0.05, 0) is 25.8 Å². The molecule has 1 aliphatic heterocycles. The highest BCUT2D eigenvalue weighted by Gasteiger charge is 2.33. The van der Waals surface area contributed by atoms with Crippen LogP contribution < -0.4 is 5.56 Å². The lowest BCUT2D eigenvalue weighted by atomic mass is 9.98. The van der Waals surface area contributed by atoms with Gasteiger partial charge in [-0.1, -0.05) is 11.6 Å². The Balaban J connectivity index is 2.15. The number of alkyl halides is 3. The molecule has 0 unspecified atom stereocenters. The van der Waals surface area contributed by atoms with E-state index < -0.39 is 46.7 Å². The lowest BCUT2D eigenvalue weighted by molar-refractivity contribution is -0.151. The molecule has 0 radical (unpaired) electrons. The number of pyridine rings is 1. The fraction of sp³-hybridized carbons (Fsp3) is 0.562. The first-order valence-electron chi connectivity index (χ1n) is 8.05. The standard InChI is InChI=1S/C16H18ClF3N2O4/c1-2-26-15(25)10-4-3-5-21(7-10)13(23)9-22-8-11(16(18,19)20)6-12(17)14(22)24/h6,8,10H,2-5,7,9H2,1H3/t10-/m0/s1. The molecule has 144 valence electrons. The third-order valence-electron chi connectivity index (χ3n) is 4.07. The van der Waals surface area contributed by atoms with Crippen molar-refractivity contribution in [1.82, 2.24) is 9.47 Å². The molecular weight excluding hydrogens is 377 g/mol. The zero-order valence-corrected chi connectivity index (χ0v) is 14.8. The molecule has 1 aromatic heterocycles. The van der Waals surface area contributed by atoms with E-state index >= 15 is 0 Å². The molecule has 2 heterocycles. The van der Waals surface area contributed by atoms with Gasteiger partial charge in [0.2, 0.25) is 5.91 Å². The van der Waals surface area contributed by atoms with Crippen molar-refractivity contribution >= 4 is 23.5 Å². The SMILES string of the molecule is CCOC(=O)[C@H]1CCCN(C(=O)Cn2cc(C(F)(F)F)cc(Cl)c2=O)C1. The van der Waals surface area contributed by atoms with Crippen molar-refractivity contribution in [2.75, 3.05) is 19.7 Å². The third kappa shape index (κ3) is 4.78. The lowest BCUT2D eigenvalue weighted by Gasteiger charge is -2.31. The van der Waals surface area contributed by atoms with Crippen molar-refractivity contribution < 1.29 is 27.5 Å². The summed E-state index contributed by atoms with van der Waals surface area (Å²) in [5.74, 6) is -1.45. The Bertz CT molecular complexity index is 748. The highest BCUT2D eigenvalue weighted by atomic mass is 35.5. The molecule has 1 saturated heterocycles. The number of halogens is 4. The zero-order valence-electron chi connectivity index (χ0n) is 14.0. The van der Waals surface area contributed by atoms with Crippen molar-refractivity contribution in [2.45, 2.75) is 32.5 Å². The summed E-state index contributed by atoms with van der Waals surface area (Å²) >= 11 is 5.57. The number of likely N-dealkylation sites (tertiary alicyclic amines) is 1. The minimum atomic E-state index is -4.69. The zero-order chi connectivity index (χ0) is 19.5. The predicted molar refractivity (Wildman–Crippen MR) is 86.7 cm³/mol. The summed E-state index contributed by atoms with van der Waals surface area (Å²) < 4.78 is 44.2. The van der Waals surface area contributed by atoms with Crippen molar-refractivity contribution in [3.63, 3.8) is 0 Å². The molecule has 1 aromatic rings. The fourth-order valence-electron chi connectivity index (χ4n) is 2.77. The van der Waals surface area contributed by atoms with E-state index in [1.54, 1.807) is 6.92 Å². The number of rotatable bonds is 4. The number of nitrogens with zero attached hydrogens (tertiary/aromatic N) is 2. The smallest absolute Gasteiger partial charge is 0.417 e. The van der Waals surface area contributed by atoms with E-state index in [1.165, 1.54) is 4.90 Å². The number of aromatic nitrogens is 1. The average Bonchev–Trinajstić information content (AvgIpc) is 2.58. The van der Waals surface area contributed by atoms with Crippen LogP contribution in [0.3, 0.4) is 0 Å². The Morgan fingerprint density at radius 2 is 2.08 bits per heavy atom. The highest BCUT2D eigenvalue weighted by molar-refractivity contribution is 6.30. The summed E-state index contributed by atoms with van der Waals surface area (Å²) in [5.41, 5.74) is -2.00. The van der Waals surface area contributed by atoms with Gasteiger partial charge in [0, 0.05) is 19.3 Å². The van der Waals surface area contributed by atoms with Gasteiger partial charge in [0.05, 0.1) is 18.1 Å². The van der Waals surface area contributed by atoms with Crippen LogP contribution in [0, 0.1) is 5.92 Å². The van der Waals surface area contributed by atoms with Gasteiger partial charge >= 0.3 is 12.1 Å². The van der Waals surface area contributed by atoms with Crippen LogP contribution in [0.4, 0.5) is 13.2 Å². The van der Waals surface area contributed by atoms with Gasteiger partial charge in [0.25, 0.3) is 5.56 Å². The molecule has 0 aliphatic carbocycles. The van der Waals surface area contributed by atoms with Gasteiger partial charge in [0.1, 0.15) is 11.6 Å². The monoisotopic (exact) mass is 394 g/mol. The molecule has 0 spiro atoms. The van der Waals surface area contributed by atoms with Crippen LogP contribution in [0.15, 0.2) is 17.1 Å². The third-order valence-corrected chi connectivity index (χ3v) is 4.34. The molecule has 0 bridgehead atoms. The first-order valence-corrected chi connectivity index (χ1v) is 8.43. The van der Waals surface area contributed by atoms with E-state index in [2.05, 4.69) is 0 Å². The van der Waals surface area contributed by atoms with Crippen LogP contribution in [0.1, 0.15) is 25.3 Å². The second-order valence-corrected chi connectivity index (χ2v) is 6.35. The summed E-state index contributed by atoms with van der Waals surface area (Å²) in [4.78, 5) is 37.5. The van der Waals surface area contributed by atoms with Gasteiger partial charge in [0.15, 0.2) is 0 Å². The van der Waals surface area contributed by atoms with Crippen molar-refractivity contribution in [3.05, 3.63) is 33.2 Å². The summed E-state index contributed by atoms with van der Waals surface area (Å²) in [6.45, 7) is 1.78. The van der Waals surface area contributed by atoms with Gasteiger partial charge < -0.3 is 14.2 Å². The number of esters is 1. The number of piperidine rings is 1. The van der Waals surface area contributed by atoms with E-state index in [1.807, 2.05) is 0 Å². The molecule has 1 aliphatic rings. The van der Waals surface area contributed by atoms with Crippen molar-refractivity contribution in [2.24, 2.45) is 5.92 Å². The van der Waals surface area contributed by atoms with Crippen molar-refractivity contribution in [1.29, 1.82) is 0 Å². The number of hydrogen-bond acceptors (Lipinski definition) is 4. The first-order chi connectivity index (χ1) is 12.1. The minimum Gasteiger partial charge on any atom is -0.466 e. The van der Waals surface area contributed by atoms with Gasteiger partial charge in [-0.15, -0.1) is 0 Å². The molecule has 1 amide bonds. The van der Waals surface area contributed by atoms with E-state index in [0.29, 0.717) is 36.2 Å². The van der Waals surface area contributed by atoms with E-state index in [-0.39, 0.29) is 13.2 Å². The molecule has 6 nitrogen and oxygen atoms in total. The maximum Gasteiger partial charge on any atom is 0.417 e. The molecule has 26 heavy (non-hydrogen) atoms. The van der Waals surface area contributed by atoms with E-state index in [9.17, 15) is 27.6 Å². The summed E-state index contributed by atoms with van der Waals surface area (Å²) in [6, 6.07) is 0.530. The average molecular weight is 395 g/mol. The first kappa shape index (κ1) is 20.3. The van der Waals surface area contributed by atoms with Crippen LogP contribution in [-0.2, 0) is 27.0 Å². The maximum absolute atomic E-state index is 12.9. The van der Waals surface area contributed by atoms with Gasteiger partial charge in [-0.2, -0.15) is 13.2 Å². The number of amides is 1. The van der Waals surface area contributed by atoms with Crippen molar-refractivity contribution in [3.8, 4) is 0 Å². The number of ether oxygens (including phenoxy) is 1. The topological polar surface area (TPSA) is 68.6 Å². The molecule has 1 fully saturated rings. The van der Waals surface area contributed by atoms with Crippen LogP contribution in [-0.4, -0.2) is 41.0 Å². The fourth-order valence-corrected chi connectivity index (χ4v) is 3.00. The Labute approximate surface area is 152 Å². The summed E-state index contributed by atoms with van der Waals surface area (Å²) in [6.07, 6.45) is -2.99. The van der Waals surface area contributed by atoms with Crippen LogP contribution in [0.2, 0.25) is 5.02 Å². The lowest BCUT2D eigenvalue weighted by Crippen LogP contribution is -2.45. The molecule has 1 atom stereocenters. The van der Waals surface area contributed by atoms with Crippen LogP contribution in [0.25, 0.3) is 0 Å². The second kappa shape index (κ2) is 8.11. The Morgan fingerprint density at radius 1 is 1.38 bits per heavy atom. The molecule has 2 rings (SSSR count). The molecule has 0 saturated carbocycles. The number of hydrogen-bond donors (Lipinski definition) is 0. The summed E-state index contributed by atoms with van der Waals surface area (Å²) in [5, 5.41) is -0.615. The largest absolute Gasteiger partial charge is 0.466 e. The normalized spacial score (nSPS) is 17.9. The van der Waals surface area contributed by atoms with E-state index in [4.69, 9.17) is 16.3 Å². The molecule has 0 aromatic carbocycles. The van der Waals surface area contributed by atoms with Gasteiger partial charge in [-0.25, -0.2) is 0 Å². The quantitative estimate of drug-likeness (QED) is 0.735. The Hall–Kier alpha value is -2.03. The highest BCUT2D eigenvalue weighted by Crippen LogP contribution is 2.29. The molecule has 0 N–H and O–H groups in total. The van der Waals surface area contributed by atoms with Crippen LogP contribution in [0.5, 0.6) is 0 Å².